The van der Waals surface area contributed by atoms with Crippen molar-refractivity contribution >= 4 is 16.8 Å². The van der Waals surface area contributed by atoms with Crippen LogP contribution in [0.15, 0.2) is 45.8 Å². The number of amides is 1. The number of furan rings is 1. The number of carbonyl (C=O) groups is 1. The Kier molecular flexibility index (Phi) is 5.56. The first-order valence-electron chi connectivity index (χ1n) is 10.5. The Bertz CT molecular complexity index is 1060. The number of H-pyrrole nitrogens is 1. The summed E-state index contributed by atoms with van der Waals surface area (Å²) < 4.78 is 5.59. The van der Waals surface area contributed by atoms with Crippen LogP contribution in [-0.4, -0.2) is 10.9 Å². The highest BCUT2D eigenvalue weighted by Crippen LogP contribution is 2.26. The van der Waals surface area contributed by atoms with E-state index in [0.29, 0.717) is 17.7 Å². The lowest BCUT2D eigenvalue weighted by Gasteiger charge is -2.24. The van der Waals surface area contributed by atoms with E-state index in [2.05, 4.69) is 23.3 Å². The van der Waals surface area contributed by atoms with Crippen LogP contribution in [0.3, 0.4) is 0 Å². The molecule has 1 amide bonds. The molecular formula is C24H28N2O3. The van der Waals surface area contributed by atoms with Crippen LogP contribution >= 0.6 is 0 Å². The summed E-state index contributed by atoms with van der Waals surface area (Å²) >= 11 is 0. The van der Waals surface area contributed by atoms with Crippen molar-refractivity contribution in [3.63, 3.8) is 0 Å². The van der Waals surface area contributed by atoms with E-state index < -0.39 is 0 Å². The fourth-order valence-electron chi connectivity index (χ4n) is 4.26. The van der Waals surface area contributed by atoms with Crippen LogP contribution in [0.2, 0.25) is 0 Å². The zero-order valence-electron chi connectivity index (χ0n) is 17.1. The normalized spacial score (nSPS) is 16.1. The zero-order valence-corrected chi connectivity index (χ0v) is 17.1. The largest absolute Gasteiger partial charge is 0.467 e. The summed E-state index contributed by atoms with van der Waals surface area (Å²) in [6.07, 6.45) is 7.28. The number of hydrogen-bond donors (Lipinski definition) is 2. The fourth-order valence-corrected chi connectivity index (χ4v) is 4.26. The molecule has 3 aromatic rings. The van der Waals surface area contributed by atoms with Gasteiger partial charge >= 0.3 is 0 Å². The quantitative estimate of drug-likeness (QED) is 0.660. The van der Waals surface area contributed by atoms with Crippen molar-refractivity contribution < 1.29 is 9.21 Å². The van der Waals surface area contributed by atoms with Crippen molar-refractivity contribution in [3.8, 4) is 0 Å². The maximum Gasteiger partial charge on any atom is 0.251 e. The minimum Gasteiger partial charge on any atom is -0.467 e. The van der Waals surface area contributed by atoms with Crippen LogP contribution in [0.5, 0.6) is 0 Å². The Hall–Kier alpha value is -2.82. The zero-order chi connectivity index (χ0) is 20.4. The topological polar surface area (TPSA) is 75.1 Å². The molecule has 5 heteroatoms. The summed E-state index contributed by atoms with van der Waals surface area (Å²) in [7, 11) is 0. The maximum atomic E-state index is 12.8. The van der Waals surface area contributed by atoms with Gasteiger partial charge in [-0.3, -0.25) is 9.59 Å². The van der Waals surface area contributed by atoms with Gasteiger partial charge in [0.2, 0.25) is 5.91 Å². The molecule has 1 aliphatic rings. The van der Waals surface area contributed by atoms with E-state index in [-0.39, 0.29) is 23.4 Å². The second-order valence-corrected chi connectivity index (χ2v) is 8.26. The van der Waals surface area contributed by atoms with Gasteiger partial charge in [0, 0.05) is 23.4 Å². The number of aromatic nitrogens is 1. The Balaban J connectivity index is 1.62. The molecule has 1 fully saturated rings. The number of benzene rings is 1. The van der Waals surface area contributed by atoms with Gasteiger partial charge in [0.1, 0.15) is 5.76 Å². The first-order valence-corrected chi connectivity index (χ1v) is 10.5. The molecule has 2 heterocycles. The van der Waals surface area contributed by atoms with Crippen LogP contribution in [-0.2, 0) is 11.2 Å². The minimum atomic E-state index is -0.357. The van der Waals surface area contributed by atoms with Crippen molar-refractivity contribution in [3.05, 3.63) is 69.4 Å². The van der Waals surface area contributed by atoms with E-state index in [1.165, 1.54) is 12.0 Å². The molecule has 0 radical (unpaired) electrons. The van der Waals surface area contributed by atoms with Crippen molar-refractivity contribution in [2.75, 3.05) is 0 Å². The number of pyridine rings is 1. The predicted octanol–water partition coefficient (Wildman–Crippen LogP) is 4.72. The van der Waals surface area contributed by atoms with Crippen molar-refractivity contribution in [1.82, 2.24) is 10.3 Å². The third-order valence-electron chi connectivity index (χ3n) is 6.14. The SMILES string of the molecule is Cc1cc2cc(CC(NC(=O)C3CCCCC3)c3ccco3)c(=O)[nH]c2cc1C. The number of carbonyl (C=O) groups excluding carboxylic acids is 1. The lowest BCUT2D eigenvalue weighted by atomic mass is 9.88. The standard InChI is InChI=1S/C24H28N2O3/c1-15-11-18-13-19(24(28)25-20(18)12-16(15)2)14-21(22-9-6-10-29-22)26-23(27)17-7-4-3-5-8-17/h6,9-13,17,21H,3-5,7-8,14H2,1-2H3,(H,25,28)(H,26,27). The molecule has 1 aliphatic carbocycles. The van der Waals surface area contributed by atoms with Crippen LogP contribution < -0.4 is 10.9 Å². The Labute approximate surface area is 170 Å². The second kappa shape index (κ2) is 8.27. The van der Waals surface area contributed by atoms with Crippen LogP contribution in [0.25, 0.3) is 10.9 Å². The molecule has 0 spiro atoms. The van der Waals surface area contributed by atoms with Gasteiger partial charge in [0.05, 0.1) is 12.3 Å². The maximum absolute atomic E-state index is 12.8. The van der Waals surface area contributed by atoms with E-state index >= 15 is 0 Å². The number of aromatic amines is 1. The molecule has 1 saturated carbocycles. The molecular weight excluding hydrogens is 364 g/mol. The molecule has 5 nitrogen and oxygen atoms in total. The molecule has 1 atom stereocenters. The predicted molar refractivity (Wildman–Crippen MR) is 114 cm³/mol. The molecule has 2 N–H and O–H groups in total. The van der Waals surface area contributed by atoms with E-state index in [0.717, 1.165) is 42.1 Å². The molecule has 4 rings (SSSR count). The van der Waals surface area contributed by atoms with Gasteiger partial charge in [-0.1, -0.05) is 19.3 Å². The molecule has 1 unspecified atom stereocenters. The summed E-state index contributed by atoms with van der Waals surface area (Å²) in [4.78, 5) is 28.6. The number of nitrogens with one attached hydrogen (secondary N) is 2. The third-order valence-corrected chi connectivity index (χ3v) is 6.14. The Morgan fingerprint density at radius 1 is 1.17 bits per heavy atom. The van der Waals surface area contributed by atoms with E-state index in [1.807, 2.05) is 31.2 Å². The minimum absolute atomic E-state index is 0.0572. The number of rotatable bonds is 5. The van der Waals surface area contributed by atoms with E-state index in [4.69, 9.17) is 4.42 Å². The van der Waals surface area contributed by atoms with E-state index in [9.17, 15) is 9.59 Å². The highest BCUT2D eigenvalue weighted by molar-refractivity contribution is 5.81. The second-order valence-electron chi connectivity index (χ2n) is 8.26. The highest BCUT2D eigenvalue weighted by Gasteiger charge is 2.26. The van der Waals surface area contributed by atoms with Crippen LogP contribution in [0, 0.1) is 19.8 Å². The first-order chi connectivity index (χ1) is 14.0. The smallest absolute Gasteiger partial charge is 0.251 e. The molecule has 0 bridgehead atoms. The summed E-state index contributed by atoms with van der Waals surface area (Å²) in [5, 5.41) is 4.15. The third kappa shape index (κ3) is 4.29. The first kappa shape index (κ1) is 19.5. The molecule has 0 saturated heterocycles. The summed E-state index contributed by atoms with van der Waals surface area (Å²) in [5.41, 5.74) is 3.69. The highest BCUT2D eigenvalue weighted by atomic mass is 16.3. The van der Waals surface area contributed by atoms with Gasteiger partial charge in [-0.2, -0.15) is 0 Å². The number of fused-ring (bicyclic) bond motifs is 1. The van der Waals surface area contributed by atoms with Gasteiger partial charge in [-0.25, -0.2) is 0 Å². The summed E-state index contributed by atoms with van der Waals surface area (Å²) in [6.45, 7) is 4.10. The van der Waals surface area contributed by atoms with E-state index in [1.54, 1.807) is 6.26 Å². The molecule has 29 heavy (non-hydrogen) atoms. The van der Waals surface area contributed by atoms with Gasteiger partial charge < -0.3 is 14.7 Å². The van der Waals surface area contributed by atoms with Crippen molar-refractivity contribution in [2.24, 2.45) is 5.92 Å². The van der Waals surface area contributed by atoms with Gasteiger partial charge in [0.25, 0.3) is 5.56 Å². The van der Waals surface area contributed by atoms with Gasteiger partial charge in [-0.15, -0.1) is 0 Å². The summed E-state index contributed by atoms with van der Waals surface area (Å²) in [5.74, 6) is 0.797. The molecule has 152 valence electrons. The monoisotopic (exact) mass is 392 g/mol. The average Bonchev–Trinajstić information content (AvgIpc) is 3.25. The van der Waals surface area contributed by atoms with Crippen molar-refractivity contribution in [1.29, 1.82) is 0 Å². The van der Waals surface area contributed by atoms with Gasteiger partial charge in [0.15, 0.2) is 0 Å². The summed E-state index contributed by atoms with van der Waals surface area (Å²) in [6, 6.07) is 9.34. The lowest BCUT2D eigenvalue weighted by molar-refractivity contribution is -0.126. The Morgan fingerprint density at radius 3 is 2.66 bits per heavy atom. The van der Waals surface area contributed by atoms with Crippen molar-refractivity contribution in [2.45, 2.75) is 58.4 Å². The number of hydrogen-bond acceptors (Lipinski definition) is 3. The molecule has 2 aromatic heterocycles. The number of aryl methyl sites for hydroxylation is 2. The molecule has 0 aliphatic heterocycles. The average molecular weight is 392 g/mol. The molecule has 1 aromatic carbocycles. The van der Waals surface area contributed by atoms with Gasteiger partial charge in [-0.05, 0) is 73.5 Å². The van der Waals surface area contributed by atoms with Crippen LogP contribution in [0.4, 0.5) is 0 Å². The fraction of sp³-hybridized carbons (Fsp3) is 0.417. The lowest BCUT2D eigenvalue weighted by Crippen LogP contribution is -2.36. The van der Waals surface area contributed by atoms with Crippen LogP contribution in [0.1, 0.15) is 60.6 Å². The Morgan fingerprint density at radius 2 is 1.93 bits per heavy atom.